The second kappa shape index (κ2) is 11.2. The summed E-state index contributed by atoms with van der Waals surface area (Å²) in [5.74, 6) is 1.90. The van der Waals surface area contributed by atoms with Gasteiger partial charge in [-0.15, -0.1) is 0 Å². The van der Waals surface area contributed by atoms with Gasteiger partial charge in [-0.3, -0.25) is 4.90 Å². The minimum Gasteiger partial charge on any atom is -0.484 e. The molecule has 2 aromatic carbocycles. The van der Waals surface area contributed by atoms with E-state index in [1.165, 1.54) is 31.1 Å². The van der Waals surface area contributed by atoms with Crippen LogP contribution in [-0.2, 0) is 37.1 Å². The summed E-state index contributed by atoms with van der Waals surface area (Å²) in [6.07, 6.45) is 5.91. The Labute approximate surface area is 255 Å². The highest BCUT2D eigenvalue weighted by atomic mass is 32.2. The zero-order valence-corrected chi connectivity index (χ0v) is 26.4. The second-order valence-electron chi connectivity index (χ2n) is 13.8. The molecule has 2 bridgehead atoms. The molecule has 7 rings (SSSR count). The third kappa shape index (κ3) is 5.10. The van der Waals surface area contributed by atoms with Gasteiger partial charge < -0.3 is 14.2 Å². The molecule has 0 amide bonds. The van der Waals surface area contributed by atoms with Gasteiger partial charge in [0.15, 0.2) is 11.5 Å². The summed E-state index contributed by atoms with van der Waals surface area (Å²) in [6, 6.07) is 13.6. The number of methoxy groups -OCH3 is 1. The number of rotatable bonds is 11. The lowest BCUT2D eigenvalue weighted by atomic mass is 9.51. The minimum absolute atomic E-state index is 0.0317. The number of esters is 1. The van der Waals surface area contributed by atoms with Gasteiger partial charge in [0.05, 0.1) is 11.8 Å². The average Bonchev–Trinajstić information content (AvgIpc) is 3.72. The van der Waals surface area contributed by atoms with Crippen molar-refractivity contribution in [2.45, 2.75) is 81.7 Å². The minimum atomic E-state index is -3.65. The Balaban J connectivity index is 1.31. The fraction of sp³-hybridized carbons (Fsp3) is 0.618. The first-order valence-electron chi connectivity index (χ1n) is 16.0. The predicted molar refractivity (Wildman–Crippen MR) is 164 cm³/mol. The van der Waals surface area contributed by atoms with Crippen LogP contribution in [0, 0.1) is 17.8 Å². The molecule has 1 spiro atoms. The molecular weight excluding hydrogens is 564 g/mol. The number of nitrogens with zero attached hydrogens (tertiary/aromatic N) is 2. The van der Waals surface area contributed by atoms with E-state index in [2.05, 4.69) is 24.8 Å². The first-order chi connectivity index (χ1) is 20.7. The lowest BCUT2D eigenvalue weighted by Crippen LogP contribution is -2.69. The highest BCUT2D eigenvalue weighted by Crippen LogP contribution is 2.64. The SMILES string of the molecule is COCC(=O)Oc1ccc2c3c1OC1C(N(CC(C)C)S(=O)(=O)Cc4ccccc4)CC[C@H]4[C@@H](C2)N(CC2CC2)CC[C@]314. The summed E-state index contributed by atoms with van der Waals surface area (Å²) in [7, 11) is -2.18. The zero-order chi connectivity index (χ0) is 29.9. The van der Waals surface area contributed by atoms with Crippen LogP contribution in [0.15, 0.2) is 42.5 Å². The Bertz CT molecular complexity index is 1480. The number of ether oxygens (including phenoxy) is 3. The molecule has 1 saturated heterocycles. The summed E-state index contributed by atoms with van der Waals surface area (Å²) in [6.45, 7) is 6.60. The van der Waals surface area contributed by atoms with Crippen molar-refractivity contribution in [2.75, 3.05) is 33.4 Å². The first kappa shape index (κ1) is 29.3. The number of piperidine rings is 1. The summed E-state index contributed by atoms with van der Waals surface area (Å²) in [5.41, 5.74) is 2.91. The van der Waals surface area contributed by atoms with Crippen molar-refractivity contribution < 1.29 is 27.4 Å². The Morgan fingerprint density at radius 3 is 2.63 bits per heavy atom. The number of benzene rings is 2. The molecule has 3 aliphatic carbocycles. The number of carbonyl (C=O) groups excluding carboxylic acids is 1. The second-order valence-corrected chi connectivity index (χ2v) is 15.8. The summed E-state index contributed by atoms with van der Waals surface area (Å²) < 4.78 is 48.2. The van der Waals surface area contributed by atoms with Crippen LogP contribution in [0.3, 0.4) is 0 Å². The molecule has 2 saturated carbocycles. The van der Waals surface area contributed by atoms with Crippen molar-refractivity contribution in [1.82, 2.24) is 9.21 Å². The van der Waals surface area contributed by atoms with E-state index < -0.39 is 16.0 Å². The summed E-state index contributed by atoms with van der Waals surface area (Å²) >= 11 is 0. The molecular formula is C34H44N2O6S. The normalized spacial score (nSPS) is 29.4. The maximum Gasteiger partial charge on any atom is 0.337 e. The van der Waals surface area contributed by atoms with Crippen molar-refractivity contribution in [3.8, 4) is 11.5 Å². The quantitative estimate of drug-likeness (QED) is 0.274. The number of hydrogen-bond donors (Lipinski definition) is 0. The van der Waals surface area contributed by atoms with E-state index in [0.717, 1.165) is 50.3 Å². The smallest absolute Gasteiger partial charge is 0.337 e. The van der Waals surface area contributed by atoms with Crippen molar-refractivity contribution in [1.29, 1.82) is 0 Å². The Morgan fingerprint density at radius 2 is 1.91 bits per heavy atom. The molecule has 9 heteroatoms. The lowest BCUT2D eigenvalue weighted by molar-refractivity contribution is -0.138. The Kier molecular flexibility index (Phi) is 7.60. The number of carbonyl (C=O) groups is 1. The molecule has 2 unspecified atom stereocenters. The highest BCUT2D eigenvalue weighted by Gasteiger charge is 2.67. The van der Waals surface area contributed by atoms with E-state index in [-0.39, 0.29) is 35.8 Å². The van der Waals surface area contributed by atoms with Crippen molar-refractivity contribution in [2.24, 2.45) is 17.8 Å². The Morgan fingerprint density at radius 1 is 1.12 bits per heavy atom. The maximum atomic E-state index is 14.3. The van der Waals surface area contributed by atoms with Crippen molar-refractivity contribution in [3.63, 3.8) is 0 Å². The van der Waals surface area contributed by atoms with E-state index in [9.17, 15) is 13.2 Å². The molecule has 0 radical (unpaired) electrons. The molecule has 0 aromatic heterocycles. The van der Waals surface area contributed by atoms with Gasteiger partial charge in [-0.2, -0.15) is 4.31 Å². The van der Waals surface area contributed by atoms with Crippen LogP contribution in [0.1, 0.15) is 62.6 Å². The van der Waals surface area contributed by atoms with Crippen LogP contribution in [0.2, 0.25) is 0 Å². The van der Waals surface area contributed by atoms with Crippen molar-refractivity contribution in [3.05, 3.63) is 59.2 Å². The lowest BCUT2D eigenvalue weighted by Gasteiger charge is -2.60. The molecule has 232 valence electrons. The molecule has 3 fully saturated rings. The van der Waals surface area contributed by atoms with E-state index in [1.807, 2.05) is 36.4 Å². The monoisotopic (exact) mass is 608 g/mol. The molecule has 43 heavy (non-hydrogen) atoms. The number of hydrogen-bond acceptors (Lipinski definition) is 7. The fourth-order valence-corrected chi connectivity index (χ4v) is 10.7. The Hall–Kier alpha value is -2.46. The molecule has 2 aliphatic heterocycles. The van der Waals surface area contributed by atoms with Gasteiger partial charge in [0.2, 0.25) is 10.0 Å². The van der Waals surface area contributed by atoms with Gasteiger partial charge in [-0.25, -0.2) is 13.2 Å². The standard InChI is InChI=1S/C34H44N2O6S/c1-22(2)18-36(43(38,39)21-24-7-5-4-6-8-24)27-13-12-26-28-17-25-11-14-29(41-30(37)20-40-3)32-31(25)34(26,33(27)42-32)15-16-35(28)19-23-9-10-23/h4-8,11,14,22-23,26-28,33H,9-10,12-13,15-21H2,1-3H3/t26-,27?,28+,33?,34-/m0/s1. The predicted octanol–water partition coefficient (Wildman–Crippen LogP) is 4.54. The van der Waals surface area contributed by atoms with Gasteiger partial charge in [0, 0.05) is 37.2 Å². The van der Waals surface area contributed by atoms with E-state index >= 15 is 0 Å². The molecule has 5 atom stereocenters. The van der Waals surface area contributed by atoms with Crippen LogP contribution in [0.25, 0.3) is 0 Å². The van der Waals surface area contributed by atoms with Gasteiger partial charge >= 0.3 is 5.97 Å². The third-order valence-corrected chi connectivity index (χ3v) is 12.4. The van der Waals surface area contributed by atoms with Crippen LogP contribution in [-0.4, -0.2) is 75.1 Å². The van der Waals surface area contributed by atoms with Crippen molar-refractivity contribution >= 4 is 16.0 Å². The molecule has 0 N–H and O–H groups in total. The van der Waals surface area contributed by atoms with E-state index in [4.69, 9.17) is 14.2 Å². The summed E-state index contributed by atoms with van der Waals surface area (Å²) in [4.78, 5) is 15.3. The van der Waals surface area contributed by atoms with Gasteiger partial charge in [0.25, 0.3) is 0 Å². The number of likely N-dealkylation sites (tertiary alicyclic amines) is 1. The van der Waals surface area contributed by atoms with Crippen LogP contribution in [0.4, 0.5) is 0 Å². The fourth-order valence-electron chi connectivity index (χ4n) is 8.77. The van der Waals surface area contributed by atoms with E-state index in [1.54, 1.807) is 4.31 Å². The molecule has 2 heterocycles. The topological polar surface area (TPSA) is 85.4 Å². The average molecular weight is 609 g/mol. The zero-order valence-electron chi connectivity index (χ0n) is 25.5. The van der Waals surface area contributed by atoms with E-state index in [0.29, 0.717) is 30.0 Å². The van der Waals surface area contributed by atoms with Crippen LogP contribution < -0.4 is 9.47 Å². The largest absolute Gasteiger partial charge is 0.484 e. The van der Waals surface area contributed by atoms with Gasteiger partial charge in [-0.05, 0) is 80.0 Å². The van der Waals surface area contributed by atoms with Gasteiger partial charge in [-0.1, -0.05) is 50.2 Å². The molecule has 8 nitrogen and oxygen atoms in total. The molecule has 2 aromatic rings. The summed E-state index contributed by atoms with van der Waals surface area (Å²) in [5, 5.41) is 0. The highest BCUT2D eigenvalue weighted by molar-refractivity contribution is 7.88. The first-order valence-corrected chi connectivity index (χ1v) is 17.6. The van der Waals surface area contributed by atoms with Crippen LogP contribution >= 0.6 is 0 Å². The molecule has 5 aliphatic rings. The van der Waals surface area contributed by atoms with Crippen LogP contribution in [0.5, 0.6) is 11.5 Å². The van der Waals surface area contributed by atoms with Gasteiger partial charge in [0.1, 0.15) is 12.7 Å². The third-order valence-electron chi connectivity index (χ3n) is 10.5. The number of sulfonamides is 1. The maximum absolute atomic E-state index is 14.3.